The molecule has 0 fully saturated rings. The molecule has 0 unspecified atom stereocenters. The van der Waals surface area contributed by atoms with Gasteiger partial charge in [-0.1, -0.05) is 72.8 Å². The lowest BCUT2D eigenvalue weighted by molar-refractivity contribution is 0.944. The molecule has 0 atom stereocenters. The van der Waals surface area contributed by atoms with E-state index >= 15 is 0 Å². The minimum Gasteiger partial charge on any atom is -0.347 e. The molecule has 0 aromatic heterocycles. The SMILES string of the molecule is Cc1cccc(NC=NCCCP(c2ccccc2)c2ccccc2)c1. The highest BCUT2D eigenvalue weighted by molar-refractivity contribution is 7.73. The van der Waals surface area contributed by atoms with Gasteiger partial charge in [-0.2, -0.15) is 0 Å². The van der Waals surface area contributed by atoms with Crippen LogP contribution in [-0.2, 0) is 0 Å². The van der Waals surface area contributed by atoms with Crippen LogP contribution in [0.5, 0.6) is 0 Å². The zero-order valence-corrected chi connectivity index (χ0v) is 16.1. The summed E-state index contributed by atoms with van der Waals surface area (Å²) in [5.41, 5.74) is 2.34. The summed E-state index contributed by atoms with van der Waals surface area (Å²) in [5, 5.41) is 6.13. The average Bonchev–Trinajstić information content (AvgIpc) is 2.69. The van der Waals surface area contributed by atoms with Crippen molar-refractivity contribution in [1.29, 1.82) is 0 Å². The van der Waals surface area contributed by atoms with Crippen LogP contribution in [0.4, 0.5) is 5.69 Å². The van der Waals surface area contributed by atoms with Crippen LogP contribution in [0.2, 0.25) is 0 Å². The largest absolute Gasteiger partial charge is 0.347 e. The lowest BCUT2D eigenvalue weighted by Gasteiger charge is -2.18. The standard InChI is InChI=1S/C23H25N2P/c1-20-10-8-11-21(18-20)25-19-24-16-9-17-26(22-12-4-2-5-13-22)23-14-6-3-7-15-23/h2-8,10-15,18-19H,9,16-17H2,1H3,(H,24,25). The van der Waals surface area contributed by atoms with Crippen LogP contribution in [0.25, 0.3) is 0 Å². The maximum atomic E-state index is 4.53. The molecule has 26 heavy (non-hydrogen) atoms. The van der Waals surface area contributed by atoms with Crippen LogP contribution < -0.4 is 15.9 Å². The van der Waals surface area contributed by atoms with Gasteiger partial charge in [0.25, 0.3) is 0 Å². The molecule has 3 aromatic carbocycles. The van der Waals surface area contributed by atoms with Gasteiger partial charge in [-0.25, -0.2) is 0 Å². The Morgan fingerprint density at radius 1 is 0.846 bits per heavy atom. The van der Waals surface area contributed by atoms with Crippen molar-refractivity contribution in [2.24, 2.45) is 4.99 Å². The van der Waals surface area contributed by atoms with Gasteiger partial charge in [-0.15, -0.1) is 0 Å². The van der Waals surface area contributed by atoms with Crippen LogP contribution in [0, 0.1) is 6.92 Å². The fraction of sp³-hybridized carbons (Fsp3) is 0.174. The molecule has 0 aliphatic carbocycles. The van der Waals surface area contributed by atoms with Crippen molar-refractivity contribution in [3.05, 3.63) is 90.5 Å². The lowest BCUT2D eigenvalue weighted by atomic mass is 10.2. The van der Waals surface area contributed by atoms with E-state index in [0.29, 0.717) is 0 Å². The van der Waals surface area contributed by atoms with E-state index in [9.17, 15) is 0 Å². The van der Waals surface area contributed by atoms with E-state index in [-0.39, 0.29) is 7.92 Å². The summed E-state index contributed by atoms with van der Waals surface area (Å²) in [5.74, 6) is 0. The number of benzene rings is 3. The first kappa shape index (κ1) is 18.4. The monoisotopic (exact) mass is 360 g/mol. The van der Waals surface area contributed by atoms with Gasteiger partial charge in [0.2, 0.25) is 0 Å². The number of hydrogen-bond donors (Lipinski definition) is 1. The Labute approximate surface area is 157 Å². The van der Waals surface area contributed by atoms with Crippen molar-refractivity contribution in [3.8, 4) is 0 Å². The van der Waals surface area contributed by atoms with E-state index in [1.54, 1.807) is 0 Å². The molecule has 0 heterocycles. The summed E-state index contributed by atoms with van der Waals surface area (Å²) >= 11 is 0. The van der Waals surface area contributed by atoms with E-state index in [0.717, 1.165) is 24.8 Å². The summed E-state index contributed by atoms with van der Waals surface area (Å²) < 4.78 is 0. The second-order valence-electron chi connectivity index (χ2n) is 6.23. The molecule has 3 aromatic rings. The highest BCUT2D eigenvalue weighted by Crippen LogP contribution is 2.33. The van der Waals surface area contributed by atoms with Gasteiger partial charge in [0, 0.05) is 12.2 Å². The number of anilines is 1. The quantitative estimate of drug-likeness (QED) is 0.261. The minimum absolute atomic E-state index is 0.314. The highest BCUT2D eigenvalue weighted by Gasteiger charge is 2.12. The van der Waals surface area contributed by atoms with Crippen molar-refractivity contribution in [2.75, 3.05) is 18.0 Å². The highest BCUT2D eigenvalue weighted by atomic mass is 31.1. The molecule has 0 saturated heterocycles. The zero-order valence-electron chi connectivity index (χ0n) is 15.2. The summed E-state index contributed by atoms with van der Waals surface area (Å²) in [6.07, 6.45) is 4.06. The summed E-state index contributed by atoms with van der Waals surface area (Å²) in [6, 6.07) is 30.1. The number of aliphatic imine (C=N–C) groups is 1. The van der Waals surface area contributed by atoms with Crippen molar-refractivity contribution in [2.45, 2.75) is 13.3 Å². The molecule has 132 valence electrons. The maximum absolute atomic E-state index is 4.53. The van der Waals surface area contributed by atoms with E-state index in [2.05, 4.69) is 102 Å². The zero-order chi connectivity index (χ0) is 18.0. The van der Waals surface area contributed by atoms with Gasteiger partial charge < -0.3 is 5.32 Å². The van der Waals surface area contributed by atoms with Gasteiger partial charge in [0.15, 0.2) is 0 Å². The van der Waals surface area contributed by atoms with Crippen LogP contribution in [-0.4, -0.2) is 19.0 Å². The Bertz CT molecular complexity index is 776. The van der Waals surface area contributed by atoms with Gasteiger partial charge in [0.05, 0.1) is 6.34 Å². The van der Waals surface area contributed by atoms with E-state index < -0.39 is 0 Å². The van der Waals surface area contributed by atoms with Crippen LogP contribution in [0.15, 0.2) is 89.9 Å². The molecule has 0 amide bonds. The van der Waals surface area contributed by atoms with Crippen molar-refractivity contribution >= 4 is 30.6 Å². The van der Waals surface area contributed by atoms with Gasteiger partial charge in [0.1, 0.15) is 0 Å². The molecule has 1 N–H and O–H groups in total. The van der Waals surface area contributed by atoms with Crippen LogP contribution >= 0.6 is 7.92 Å². The number of rotatable bonds is 8. The molecular weight excluding hydrogens is 335 g/mol. The first-order valence-corrected chi connectivity index (χ1v) is 10.5. The first-order chi connectivity index (χ1) is 12.8. The number of nitrogens with one attached hydrogen (secondary N) is 1. The number of aryl methyl sites for hydroxylation is 1. The predicted octanol–water partition coefficient (Wildman–Crippen LogP) is 4.96. The molecule has 2 nitrogen and oxygen atoms in total. The van der Waals surface area contributed by atoms with Gasteiger partial charge >= 0.3 is 0 Å². The third-order valence-electron chi connectivity index (χ3n) is 4.15. The molecule has 0 aliphatic heterocycles. The van der Waals surface area contributed by atoms with Gasteiger partial charge in [-0.3, -0.25) is 4.99 Å². The van der Waals surface area contributed by atoms with Gasteiger partial charge in [-0.05, 0) is 55.7 Å². The molecule has 3 rings (SSSR count). The number of hydrogen-bond acceptors (Lipinski definition) is 1. The molecule has 0 aliphatic rings. The average molecular weight is 360 g/mol. The van der Waals surface area contributed by atoms with E-state index in [4.69, 9.17) is 0 Å². The van der Waals surface area contributed by atoms with Crippen molar-refractivity contribution < 1.29 is 0 Å². The molecular formula is C23H25N2P. The third-order valence-corrected chi connectivity index (χ3v) is 6.75. The van der Waals surface area contributed by atoms with E-state index in [1.807, 2.05) is 6.34 Å². The fourth-order valence-corrected chi connectivity index (χ4v) is 5.20. The molecule has 0 saturated carbocycles. The maximum Gasteiger partial charge on any atom is 0.0867 e. The second-order valence-corrected chi connectivity index (χ2v) is 8.56. The van der Waals surface area contributed by atoms with Crippen molar-refractivity contribution in [1.82, 2.24) is 0 Å². The molecule has 0 radical (unpaired) electrons. The molecule has 3 heteroatoms. The second kappa shape index (κ2) is 9.89. The fourth-order valence-electron chi connectivity index (χ4n) is 2.86. The Hall–Kier alpha value is -2.44. The minimum atomic E-state index is -0.314. The Kier molecular flexibility index (Phi) is 6.98. The predicted molar refractivity (Wildman–Crippen MR) is 117 cm³/mol. The van der Waals surface area contributed by atoms with Crippen LogP contribution in [0.1, 0.15) is 12.0 Å². The smallest absolute Gasteiger partial charge is 0.0867 e. The summed E-state index contributed by atoms with van der Waals surface area (Å²) in [6.45, 7) is 2.94. The third kappa shape index (κ3) is 5.54. The lowest BCUT2D eigenvalue weighted by Crippen LogP contribution is -2.14. The first-order valence-electron chi connectivity index (χ1n) is 9.02. The molecule has 0 spiro atoms. The molecule has 0 bridgehead atoms. The Morgan fingerprint density at radius 3 is 2.12 bits per heavy atom. The topological polar surface area (TPSA) is 24.4 Å². The summed E-state index contributed by atoms with van der Waals surface area (Å²) in [7, 11) is -0.314. The van der Waals surface area contributed by atoms with E-state index in [1.165, 1.54) is 16.2 Å². The van der Waals surface area contributed by atoms with Crippen LogP contribution in [0.3, 0.4) is 0 Å². The van der Waals surface area contributed by atoms with Crippen molar-refractivity contribution in [3.63, 3.8) is 0 Å². The normalized spacial score (nSPS) is 11.2. The summed E-state index contributed by atoms with van der Waals surface area (Å²) in [4.78, 5) is 4.53. The number of nitrogens with zero attached hydrogens (tertiary/aromatic N) is 1. The Morgan fingerprint density at radius 2 is 1.50 bits per heavy atom. The Balaban J connectivity index is 1.54.